The molecule has 10 aromatic carbocycles. The van der Waals surface area contributed by atoms with Gasteiger partial charge in [0.05, 0.1) is 0 Å². The molecule has 0 N–H and O–H groups in total. The van der Waals surface area contributed by atoms with Crippen LogP contribution in [-0.2, 0) is 0 Å². The van der Waals surface area contributed by atoms with Crippen molar-refractivity contribution in [1.82, 2.24) is 0 Å². The first-order valence-corrected chi connectivity index (χ1v) is 19.8. The van der Waals surface area contributed by atoms with E-state index in [4.69, 9.17) is 0 Å². The van der Waals surface area contributed by atoms with Gasteiger partial charge in [-0.05, 0) is 118 Å². The maximum absolute atomic E-state index is 2.43. The molecule has 0 bridgehead atoms. The highest BCUT2D eigenvalue weighted by Crippen LogP contribution is 2.43. The molecule has 0 amide bonds. The topological polar surface area (TPSA) is 0 Å². The van der Waals surface area contributed by atoms with Crippen LogP contribution in [0.2, 0.25) is 0 Å². The molecule has 1 unspecified atom stereocenters. The molecule has 10 aromatic rings. The fourth-order valence-corrected chi connectivity index (χ4v) is 8.62. The third-order valence-corrected chi connectivity index (χ3v) is 11.4. The van der Waals surface area contributed by atoms with Crippen molar-refractivity contribution in [3.05, 3.63) is 253 Å². The Kier molecular flexibility index (Phi) is 9.07. The SMILES string of the molecule is c1ccc(-c2ccc(C(c3cccc(-c4cc5ccccc5c5ccccc45)c3)c3ccccc3-c3cc(-c4ccccc4)cc(-c4ccccc4)c3)cc2)cc1. The molecule has 0 aliphatic rings. The Morgan fingerprint density at radius 1 is 0.228 bits per heavy atom. The van der Waals surface area contributed by atoms with Gasteiger partial charge in [0.15, 0.2) is 0 Å². The molecule has 1 atom stereocenters. The van der Waals surface area contributed by atoms with E-state index in [0.29, 0.717) is 0 Å². The normalized spacial score (nSPS) is 11.8. The average Bonchev–Trinajstić information content (AvgIpc) is 3.30. The zero-order chi connectivity index (χ0) is 38.0. The van der Waals surface area contributed by atoms with Gasteiger partial charge in [0.2, 0.25) is 0 Å². The molecule has 57 heavy (non-hydrogen) atoms. The molecule has 0 nitrogen and oxygen atoms in total. The van der Waals surface area contributed by atoms with Crippen LogP contribution in [0.15, 0.2) is 237 Å². The minimum absolute atomic E-state index is 0.0294. The Morgan fingerprint density at radius 2 is 0.719 bits per heavy atom. The third kappa shape index (κ3) is 6.73. The molecule has 0 aliphatic carbocycles. The summed E-state index contributed by atoms with van der Waals surface area (Å²) in [4.78, 5) is 0. The maximum atomic E-state index is 2.43. The van der Waals surface area contributed by atoms with Gasteiger partial charge in [0.1, 0.15) is 0 Å². The second kappa shape index (κ2) is 15.1. The van der Waals surface area contributed by atoms with E-state index in [1.807, 2.05) is 0 Å². The zero-order valence-electron chi connectivity index (χ0n) is 31.6. The highest BCUT2D eigenvalue weighted by Gasteiger charge is 2.22. The van der Waals surface area contributed by atoms with Crippen molar-refractivity contribution in [3.8, 4) is 55.6 Å². The largest absolute Gasteiger partial charge is 0.0622 e. The standard InChI is InChI=1S/C57H40/c1-4-17-40(18-5-1)43-31-33-44(34-32-43)57(47-25-16-24-45(35-47)56-39-46-23-10-11-26-51(46)53-28-13-14-29-54(53)56)55-30-15-12-27-52(55)50-37-48(41-19-6-2-7-20-41)36-49(38-50)42-21-8-3-9-22-42/h1-39,57H. The molecule has 0 aromatic heterocycles. The molecular weight excluding hydrogens is 685 g/mol. The first-order valence-electron chi connectivity index (χ1n) is 19.8. The van der Waals surface area contributed by atoms with Crippen molar-refractivity contribution in [2.24, 2.45) is 0 Å². The summed E-state index contributed by atoms with van der Waals surface area (Å²) in [5.41, 5.74) is 15.9. The highest BCUT2D eigenvalue weighted by molar-refractivity contribution is 6.13. The van der Waals surface area contributed by atoms with Gasteiger partial charge >= 0.3 is 0 Å². The summed E-state index contributed by atoms with van der Waals surface area (Å²) in [6.07, 6.45) is 0. The van der Waals surface area contributed by atoms with Crippen molar-refractivity contribution < 1.29 is 0 Å². The number of fused-ring (bicyclic) bond motifs is 3. The van der Waals surface area contributed by atoms with Crippen LogP contribution in [0.1, 0.15) is 22.6 Å². The number of hydrogen-bond donors (Lipinski definition) is 0. The van der Waals surface area contributed by atoms with Gasteiger partial charge in [-0.3, -0.25) is 0 Å². The second-order valence-electron chi connectivity index (χ2n) is 14.9. The van der Waals surface area contributed by atoms with Crippen molar-refractivity contribution in [3.63, 3.8) is 0 Å². The summed E-state index contributed by atoms with van der Waals surface area (Å²) in [5, 5.41) is 5.08. The van der Waals surface area contributed by atoms with Crippen LogP contribution in [0.4, 0.5) is 0 Å². The zero-order valence-corrected chi connectivity index (χ0v) is 31.6. The summed E-state index contributed by atoms with van der Waals surface area (Å²) in [5.74, 6) is -0.0294. The maximum Gasteiger partial charge on any atom is 0.0346 e. The predicted molar refractivity (Wildman–Crippen MR) is 242 cm³/mol. The van der Waals surface area contributed by atoms with E-state index in [-0.39, 0.29) is 5.92 Å². The monoisotopic (exact) mass is 724 g/mol. The van der Waals surface area contributed by atoms with Gasteiger partial charge in [-0.15, -0.1) is 0 Å². The number of hydrogen-bond acceptors (Lipinski definition) is 0. The smallest absolute Gasteiger partial charge is 0.0346 e. The van der Waals surface area contributed by atoms with Crippen LogP contribution >= 0.6 is 0 Å². The Labute approximate surface area is 335 Å². The molecule has 0 heterocycles. The van der Waals surface area contributed by atoms with E-state index < -0.39 is 0 Å². The summed E-state index contributed by atoms with van der Waals surface area (Å²) in [7, 11) is 0. The molecular formula is C57H40. The summed E-state index contributed by atoms with van der Waals surface area (Å²) >= 11 is 0. The fraction of sp³-hybridized carbons (Fsp3) is 0.0175. The van der Waals surface area contributed by atoms with Gasteiger partial charge in [0.25, 0.3) is 0 Å². The van der Waals surface area contributed by atoms with E-state index in [9.17, 15) is 0 Å². The molecule has 10 rings (SSSR count). The van der Waals surface area contributed by atoms with E-state index in [1.54, 1.807) is 0 Å². The van der Waals surface area contributed by atoms with Crippen LogP contribution in [0.3, 0.4) is 0 Å². The Morgan fingerprint density at radius 3 is 1.39 bits per heavy atom. The molecule has 0 spiro atoms. The second-order valence-corrected chi connectivity index (χ2v) is 14.9. The van der Waals surface area contributed by atoms with E-state index >= 15 is 0 Å². The number of rotatable bonds is 8. The molecule has 0 radical (unpaired) electrons. The minimum Gasteiger partial charge on any atom is -0.0622 e. The molecule has 268 valence electrons. The Bertz CT molecular complexity index is 2920. The summed E-state index contributed by atoms with van der Waals surface area (Å²) < 4.78 is 0. The lowest BCUT2D eigenvalue weighted by Crippen LogP contribution is -2.06. The fourth-order valence-electron chi connectivity index (χ4n) is 8.62. The third-order valence-electron chi connectivity index (χ3n) is 11.4. The summed E-state index contributed by atoms with van der Waals surface area (Å²) in [6, 6.07) is 86.7. The van der Waals surface area contributed by atoms with Crippen molar-refractivity contribution in [2.45, 2.75) is 5.92 Å². The molecule has 0 saturated heterocycles. The molecule has 0 heteroatoms. The number of benzene rings is 10. The van der Waals surface area contributed by atoms with Gasteiger partial charge in [-0.2, -0.15) is 0 Å². The predicted octanol–water partition coefficient (Wildman–Crippen LogP) is 15.5. The lowest BCUT2D eigenvalue weighted by molar-refractivity contribution is 0.980. The minimum atomic E-state index is -0.0294. The average molecular weight is 725 g/mol. The van der Waals surface area contributed by atoms with Gasteiger partial charge in [-0.25, -0.2) is 0 Å². The van der Waals surface area contributed by atoms with Crippen LogP contribution in [-0.4, -0.2) is 0 Å². The summed E-state index contributed by atoms with van der Waals surface area (Å²) in [6.45, 7) is 0. The van der Waals surface area contributed by atoms with Crippen molar-refractivity contribution in [2.75, 3.05) is 0 Å². The van der Waals surface area contributed by atoms with Crippen LogP contribution in [0, 0.1) is 0 Å². The van der Waals surface area contributed by atoms with E-state index in [0.717, 1.165) is 0 Å². The lowest BCUT2D eigenvalue weighted by atomic mass is 9.79. The van der Waals surface area contributed by atoms with Crippen LogP contribution < -0.4 is 0 Å². The molecule has 0 aliphatic heterocycles. The van der Waals surface area contributed by atoms with Crippen molar-refractivity contribution >= 4 is 21.5 Å². The molecule has 0 saturated carbocycles. The quantitative estimate of drug-likeness (QED) is 0.108. The highest BCUT2D eigenvalue weighted by atomic mass is 14.3. The first-order chi connectivity index (χ1) is 28.3. The van der Waals surface area contributed by atoms with Crippen LogP contribution in [0.25, 0.3) is 77.2 Å². The Balaban J connectivity index is 1.18. The van der Waals surface area contributed by atoms with Gasteiger partial charge < -0.3 is 0 Å². The van der Waals surface area contributed by atoms with E-state index in [2.05, 4.69) is 237 Å². The van der Waals surface area contributed by atoms with E-state index in [1.165, 1.54) is 93.9 Å². The van der Waals surface area contributed by atoms with Crippen LogP contribution in [0.5, 0.6) is 0 Å². The van der Waals surface area contributed by atoms with Crippen molar-refractivity contribution in [1.29, 1.82) is 0 Å². The van der Waals surface area contributed by atoms with Gasteiger partial charge in [-0.1, -0.05) is 212 Å². The molecule has 0 fully saturated rings. The Hall–Kier alpha value is -7.28. The van der Waals surface area contributed by atoms with Gasteiger partial charge in [0, 0.05) is 5.92 Å². The first kappa shape index (κ1) is 34.2. The lowest BCUT2D eigenvalue weighted by Gasteiger charge is -2.24.